The first-order chi connectivity index (χ1) is 6.77. The van der Waals surface area contributed by atoms with E-state index in [4.69, 9.17) is 23.2 Å². The van der Waals surface area contributed by atoms with Crippen LogP contribution in [0, 0.1) is 0 Å². The number of para-hydroxylation sites is 1. The molecule has 0 fully saturated rings. The minimum Gasteiger partial charge on any atom is -0.352 e. The lowest BCUT2D eigenvalue weighted by molar-refractivity contribution is 1.59. The Morgan fingerprint density at radius 3 is 2.36 bits per heavy atom. The van der Waals surface area contributed by atoms with Crippen LogP contribution >= 0.6 is 34.5 Å². The number of anilines is 2. The molecule has 1 N–H and O–H groups in total. The standard InChI is InChI=1S/C10H7Cl2NS/c11-8-2-1-3-9(12)10(8)13-7-4-5-14-6-7/h1-6,13H. The zero-order chi connectivity index (χ0) is 9.97. The van der Waals surface area contributed by atoms with E-state index in [0.29, 0.717) is 10.0 Å². The largest absolute Gasteiger partial charge is 0.352 e. The highest BCUT2D eigenvalue weighted by molar-refractivity contribution is 7.08. The quantitative estimate of drug-likeness (QED) is 0.800. The normalized spacial score (nSPS) is 10.1. The van der Waals surface area contributed by atoms with Crippen LogP contribution in [0.2, 0.25) is 10.0 Å². The van der Waals surface area contributed by atoms with Crippen molar-refractivity contribution in [2.24, 2.45) is 0 Å². The fourth-order valence-electron chi connectivity index (χ4n) is 1.10. The second-order valence-electron chi connectivity index (χ2n) is 2.73. The summed E-state index contributed by atoms with van der Waals surface area (Å²) in [5.74, 6) is 0. The van der Waals surface area contributed by atoms with Gasteiger partial charge in [-0.25, -0.2) is 0 Å². The smallest absolute Gasteiger partial charge is 0.0763 e. The molecular weight excluding hydrogens is 237 g/mol. The molecule has 0 aliphatic heterocycles. The predicted molar refractivity (Wildman–Crippen MR) is 64.1 cm³/mol. The number of nitrogens with one attached hydrogen (secondary N) is 1. The summed E-state index contributed by atoms with van der Waals surface area (Å²) < 4.78 is 0. The van der Waals surface area contributed by atoms with Gasteiger partial charge < -0.3 is 5.32 Å². The fraction of sp³-hybridized carbons (Fsp3) is 0. The molecule has 0 aliphatic carbocycles. The van der Waals surface area contributed by atoms with Gasteiger partial charge in [0.25, 0.3) is 0 Å². The van der Waals surface area contributed by atoms with Crippen LogP contribution in [0.15, 0.2) is 35.0 Å². The van der Waals surface area contributed by atoms with Crippen molar-refractivity contribution in [1.82, 2.24) is 0 Å². The summed E-state index contributed by atoms with van der Waals surface area (Å²) in [6.45, 7) is 0. The lowest BCUT2D eigenvalue weighted by Gasteiger charge is -2.07. The highest BCUT2D eigenvalue weighted by Gasteiger charge is 2.04. The maximum Gasteiger partial charge on any atom is 0.0763 e. The van der Waals surface area contributed by atoms with Crippen molar-refractivity contribution in [3.8, 4) is 0 Å². The molecule has 14 heavy (non-hydrogen) atoms. The molecule has 2 aromatic rings. The molecule has 4 heteroatoms. The molecule has 0 aliphatic rings. The summed E-state index contributed by atoms with van der Waals surface area (Å²) in [6, 6.07) is 7.41. The molecule has 0 spiro atoms. The second kappa shape index (κ2) is 4.22. The van der Waals surface area contributed by atoms with E-state index in [-0.39, 0.29) is 0 Å². The molecule has 0 radical (unpaired) electrons. The van der Waals surface area contributed by atoms with Crippen LogP contribution in [0.5, 0.6) is 0 Å². The first-order valence-electron chi connectivity index (χ1n) is 4.00. The van der Waals surface area contributed by atoms with E-state index in [0.717, 1.165) is 11.4 Å². The highest BCUT2D eigenvalue weighted by atomic mass is 35.5. The predicted octanol–water partition coefficient (Wildman–Crippen LogP) is 4.80. The van der Waals surface area contributed by atoms with E-state index < -0.39 is 0 Å². The molecule has 1 aromatic heterocycles. The molecule has 0 atom stereocenters. The summed E-state index contributed by atoms with van der Waals surface area (Å²) in [5, 5.41) is 8.42. The van der Waals surface area contributed by atoms with Crippen molar-refractivity contribution in [3.05, 3.63) is 45.1 Å². The van der Waals surface area contributed by atoms with Crippen molar-refractivity contribution >= 4 is 45.9 Å². The molecular formula is C10H7Cl2NS. The number of hydrogen-bond acceptors (Lipinski definition) is 2. The summed E-state index contributed by atoms with van der Waals surface area (Å²) >= 11 is 13.6. The van der Waals surface area contributed by atoms with Gasteiger partial charge in [-0.2, -0.15) is 11.3 Å². The number of thiophene rings is 1. The SMILES string of the molecule is Clc1cccc(Cl)c1Nc1ccsc1. The minimum atomic E-state index is 0.628. The molecule has 1 heterocycles. The van der Waals surface area contributed by atoms with Gasteiger partial charge in [0.1, 0.15) is 0 Å². The third kappa shape index (κ3) is 2.03. The molecule has 0 saturated heterocycles. The summed E-state index contributed by atoms with van der Waals surface area (Å²) in [6.07, 6.45) is 0. The van der Waals surface area contributed by atoms with Crippen molar-refractivity contribution < 1.29 is 0 Å². The van der Waals surface area contributed by atoms with Gasteiger partial charge in [-0.3, -0.25) is 0 Å². The Balaban J connectivity index is 2.33. The zero-order valence-corrected chi connectivity index (χ0v) is 9.46. The molecule has 0 bridgehead atoms. The topological polar surface area (TPSA) is 12.0 Å². The number of halogens is 2. The highest BCUT2D eigenvalue weighted by Crippen LogP contribution is 2.32. The van der Waals surface area contributed by atoms with Crippen LogP contribution in [0.4, 0.5) is 11.4 Å². The first kappa shape index (κ1) is 9.84. The van der Waals surface area contributed by atoms with Crippen LogP contribution in [0.25, 0.3) is 0 Å². The van der Waals surface area contributed by atoms with E-state index in [1.54, 1.807) is 11.3 Å². The van der Waals surface area contributed by atoms with E-state index in [9.17, 15) is 0 Å². The average Bonchev–Trinajstić information content (AvgIpc) is 2.64. The third-order valence-electron chi connectivity index (χ3n) is 1.75. The van der Waals surface area contributed by atoms with Crippen molar-refractivity contribution in [2.75, 3.05) is 5.32 Å². The van der Waals surface area contributed by atoms with Gasteiger partial charge in [0, 0.05) is 11.1 Å². The Hall–Kier alpha value is -0.700. The molecule has 1 aromatic carbocycles. The molecule has 72 valence electrons. The molecule has 0 amide bonds. The van der Waals surface area contributed by atoms with Crippen LogP contribution in [0.1, 0.15) is 0 Å². The fourth-order valence-corrected chi connectivity index (χ4v) is 2.18. The Morgan fingerprint density at radius 1 is 1.07 bits per heavy atom. The Kier molecular flexibility index (Phi) is 2.96. The van der Waals surface area contributed by atoms with E-state index >= 15 is 0 Å². The van der Waals surface area contributed by atoms with Crippen LogP contribution in [0.3, 0.4) is 0 Å². The molecule has 0 saturated carbocycles. The van der Waals surface area contributed by atoms with E-state index in [2.05, 4.69) is 5.32 Å². The minimum absolute atomic E-state index is 0.628. The Morgan fingerprint density at radius 2 is 1.79 bits per heavy atom. The molecule has 1 nitrogen and oxygen atoms in total. The van der Waals surface area contributed by atoms with Gasteiger partial charge in [-0.1, -0.05) is 29.3 Å². The number of benzene rings is 1. The summed E-state index contributed by atoms with van der Waals surface area (Å²) in [5.41, 5.74) is 1.76. The van der Waals surface area contributed by atoms with Gasteiger partial charge in [0.2, 0.25) is 0 Å². The van der Waals surface area contributed by atoms with Crippen LogP contribution < -0.4 is 5.32 Å². The van der Waals surface area contributed by atoms with Crippen molar-refractivity contribution in [1.29, 1.82) is 0 Å². The average molecular weight is 244 g/mol. The van der Waals surface area contributed by atoms with Gasteiger partial charge in [-0.15, -0.1) is 0 Å². The number of hydrogen-bond donors (Lipinski definition) is 1. The second-order valence-corrected chi connectivity index (χ2v) is 4.33. The van der Waals surface area contributed by atoms with Gasteiger partial charge in [0.15, 0.2) is 0 Å². The van der Waals surface area contributed by atoms with E-state index in [1.165, 1.54) is 0 Å². The van der Waals surface area contributed by atoms with Gasteiger partial charge in [0.05, 0.1) is 15.7 Å². The van der Waals surface area contributed by atoms with Crippen molar-refractivity contribution in [2.45, 2.75) is 0 Å². The van der Waals surface area contributed by atoms with Crippen molar-refractivity contribution in [3.63, 3.8) is 0 Å². The Bertz CT molecular complexity index is 405. The molecule has 2 rings (SSSR count). The zero-order valence-electron chi connectivity index (χ0n) is 7.13. The lowest BCUT2D eigenvalue weighted by atomic mass is 10.3. The van der Waals surface area contributed by atoms with Gasteiger partial charge >= 0.3 is 0 Å². The summed E-state index contributed by atoms with van der Waals surface area (Å²) in [7, 11) is 0. The molecule has 0 unspecified atom stereocenters. The third-order valence-corrected chi connectivity index (χ3v) is 3.07. The maximum atomic E-state index is 6.00. The van der Waals surface area contributed by atoms with Crippen LogP contribution in [-0.2, 0) is 0 Å². The summed E-state index contributed by atoms with van der Waals surface area (Å²) in [4.78, 5) is 0. The number of rotatable bonds is 2. The van der Waals surface area contributed by atoms with Gasteiger partial charge in [-0.05, 0) is 23.6 Å². The monoisotopic (exact) mass is 243 g/mol. The van der Waals surface area contributed by atoms with E-state index in [1.807, 2.05) is 35.0 Å². The lowest BCUT2D eigenvalue weighted by Crippen LogP contribution is -1.89. The Labute approximate surface area is 96.3 Å². The first-order valence-corrected chi connectivity index (χ1v) is 5.70. The maximum absolute atomic E-state index is 6.00. The van der Waals surface area contributed by atoms with Crippen LogP contribution in [-0.4, -0.2) is 0 Å².